The minimum Gasteiger partial charge on any atom is -0.488 e. The maximum Gasteiger partial charge on any atom is 0.327 e. The predicted octanol–water partition coefficient (Wildman–Crippen LogP) is 2.86. The smallest absolute Gasteiger partial charge is 0.327 e. The largest absolute Gasteiger partial charge is 0.488 e. The Labute approximate surface area is 140 Å². The fraction of sp³-hybridized carbons (Fsp3) is 0.375. The molecule has 2 aliphatic rings. The molecule has 0 aromatic heterocycles. The number of hydrogen-bond donors (Lipinski definition) is 2. The lowest BCUT2D eigenvalue weighted by atomic mass is 10.1. The van der Waals surface area contributed by atoms with E-state index in [1.165, 1.54) is 4.90 Å². The number of amides is 2. The van der Waals surface area contributed by atoms with Crippen LogP contribution in [0.15, 0.2) is 35.5 Å². The molecule has 0 spiro atoms. The highest BCUT2D eigenvalue weighted by atomic mass is 35.5. The number of nitrogens with zero attached hydrogens (tertiary/aromatic N) is 2. The number of aliphatic imine (C=N–C) groups is 1. The van der Waals surface area contributed by atoms with E-state index in [-0.39, 0.29) is 12.1 Å². The van der Waals surface area contributed by atoms with Crippen LogP contribution in [0, 0.1) is 0 Å². The molecule has 6 nitrogen and oxygen atoms in total. The third-order valence-corrected chi connectivity index (χ3v) is 3.95. The molecule has 2 heterocycles. The first-order chi connectivity index (χ1) is 11.2. The minimum absolute atomic E-state index is 0.146. The Bertz CT molecular complexity index is 627. The Hall–Kier alpha value is -2.05. The fourth-order valence-electron chi connectivity index (χ4n) is 2.50. The first kappa shape index (κ1) is 15.8. The zero-order valence-electron chi connectivity index (χ0n) is 12.7. The Morgan fingerprint density at radius 3 is 2.96 bits per heavy atom. The molecule has 0 aliphatic carbocycles. The molecule has 1 saturated heterocycles. The van der Waals surface area contributed by atoms with Gasteiger partial charge in [0.1, 0.15) is 18.5 Å². The van der Waals surface area contributed by atoms with Crippen molar-refractivity contribution in [1.29, 1.82) is 0 Å². The van der Waals surface area contributed by atoms with Gasteiger partial charge in [-0.25, -0.2) is 4.79 Å². The van der Waals surface area contributed by atoms with Gasteiger partial charge in [-0.05, 0) is 50.2 Å². The lowest BCUT2D eigenvalue weighted by Crippen LogP contribution is -2.35. The van der Waals surface area contributed by atoms with Crippen LogP contribution in [0.4, 0.5) is 10.5 Å². The zero-order valence-corrected chi connectivity index (χ0v) is 13.4. The number of hydrogen-bond acceptors (Lipinski definition) is 4. The average molecular weight is 335 g/mol. The van der Waals surface area contributed by atoms with Crippen LogP contribution in [0.3, 0.4) is 0 Å². The third kappa shape index (κ3) is 4.24. The molecule has 1 fully saturated rings. The minimum atomic E-state index is -0.268. The molecular weight excluding hydrogens is 316 g/mol. The van der Waals surface area contributed by atoms with E-state index in [0.717, 1.165) is 25.9 Å². The Kier molecular flexibility index (Phi) is 5.15. The highest BCUT2D eigenvalue weighted by molar-refractivity contribution is 6.31. The van der Waals surface area contributed by atoms with Crippen molar-refractivity contribution in [2.75, 3.05) is 25.1 Å². The van der Waals surface area contributed by atoms with Crippen molar-refractivity contribution < 1.29 is 9.53 Å². The van der Waals surface area contributed by atoms with E-state index in [9.17, 15) is 4.79 Å². The highest BCUT2D eigenvalue weighted by Gasteiger charge is 2.19. The molecule has 0 saturated carbocycles. The Morgan fingerprint density at radius 1 is 1.39 bits per heavy atom. The van der Waals surface area contributed by atoms with Gasteiger partial charge in [0.15, 0.2) is 0 Å². The van der Waals surface area contributed by atoms with Crippen molar-refractivity contribution in [3.05, 3.63) is 35.5 Å². The molecule has 1 aromatic rings. The van der Waals surface area contributed by atoms with Gasteiger partial charge in [-0.1, -0.05) is 11.6 Å². The van der Waals surface area contributed by atoms with Crippen LogP contribution >= 0.6 is 11.6 Å². The van der Waals surface area contributed by atoms with Gasteiger partial charge >= 0.3 is 6.03 Å². The Balaban J connectivity index is 1.71. The summed E-state index contributed by atoms with van der Waals surface area (Å²) in [6.07, 6.45) is 7.09. The summed E-state index contributed by atoms with van der Waals surface area (Å²) in [6, 6.07) is 4.99. The average Bonchev–Trinajstić information content (AvgIpc) is 2.59. The number of ether oxygens (including phenoxy) is 1. The maximum atomic E-state index is 12.3. The second-order valence-electron chi connectivity index (χ2n) is 5.42. The molecule has 0 radical (unpaired) electrons. The summed E-state index contributed by atoms with van der Waals surface area (Å²) in [5, 5.41) is 6.69. The van der Waals surface area contributed by atoms with Gasteiger partial charge < -0.3 is 15.4 Å². The van der Waals surface area contributed by atoms with E-state index < -0.39 is 0 Å². The maximum absolute atomic E-state index is 12.3. The third-order valence-electron chi connectivity index (χ3n) is 3.72. The monoisotopic (exact) mass is 334 g/mol. The summed E-state index contributed by atoms with van der Waals surface area (Å²) in [5.74, 6) is 0.638. The molecular formula is C16H19ClN4O2. The second kappa shape index (κ2) is 7.48. The van der Waals surface area contributed by atoms with Crippen molar-refractivity contribution in [3.63, 3.8) is 0 Å². The van der Waals surface area contributed by atoms with Gasteiger partial charge in [0.25, 0.3) is 0 Å². The molecule has 0 bridgehead atoms. The van der Waals surface area contributed by atoms with E-state index in [1.54, 1.807) is 36.7 Å². The number of anilines is 1. The summed E-state index contributed by atoms with van der Waals surface area (Å²) < 4.78 is 6.05. The number of allylic oxidation sites excluding steroid dienone is 1. The predicted molar refractivity (Wildman–Crippen MR) is 91.3 cm³/mol. The number of rotatable bonds is 3. The summed E-state index contributed by atoms with van der Waals surface area (Å²) >= 11 is 6.06. The number of carbonyl (C=O) groups is 1. The molecule has 2 amide bonds. The van der Waals surface area contributed by atoms with Crippen LogP contribution in [0.2, 0.25) is 5.02 Å². The number of urea groups is 1. The lowest BCUT2D eigenvalue weighted by Gasteiger charge is -2.25. The van der Waals surface area contributed by atoms with Gasteiger partial charge in [0.2, 0.25) is 0 Å². The van der Waals surface area contributed by atoms with Crippen molar-refractivity contribution in [2.45, 2.75) is 18.9 Å². The van der Waals surface area contributed by atoms with Gasteiger partial charge in [-0.15, -0.1) is 0 Å². The van der Waals surface area contributed by atoms with Crippen LogP contribution in [-0.4, -0.2) is 43.0 Å². The molecule has 0 atom stereocenters. The molecule has 3 rings (SSSR count). The highest BCUT2D eigenvalue weighted by Crippen LogP contribution is 2.30. The van der Waals surface area contributed by atoms with Crippen LogP contribution in [0.25, 0.3) is 0 Å². The lowest BCUT2D eigenvalue weighted by molar-refractivity contribution is 0.163. The number of halogens is 1. The van der Waals surface area contributed by atoms with Crippen LogP contribution in [0.1, 0.15) is 12.8 Å². The van der Waals surface area contributed by atoms with Crippen molar-refractivity contribution in [1.82, 2.24) is 10.2 Å². The van der Waals surface area contributed by atoms with Gasteiger partial charge in [0.05, 0.1) is 5.69 Å². The quantitative estimate of drug-likeness (QED) is 0.893. The van der Waals surface area contributed by atoms with Crippen LogP contribution in [-0.2, 0) is 0 Å². The summed E-state index contributed by atoms with van der Waals surface area (Å²) in [5.41, 5.74) is 0.573. The van der Waals surface area contributed by atoms with Crippen LogP contribution in [0.5, 0.6) is 5.75 Å². The fourth-order valence-corrected chi connectivity index (χ4v) is 2.67. The van der Waals surface area contributed by atoms with Gasteiger partial charge in [-0.2, -0.15) is 0 Å². The molecule has 122 valence electrons. The van der Waals surface area contributed by atoms with E-state index in [2.05, 4.69) is 15.6 Å². The second-order valence-corrected chi connectivity index (χ2v) is 5.86. The molecule has 23 heavy (non-hydrogen) atoms. The zero-order chi connectivity index (χ0) is 16.1. The van der Waals surface area contributed by atoms with E-state index in [4.69, 9.17) is 16.3 Å². The first-order valence-corrected chi connectivity index (χ1v) is 8.01. The summed E-state index contributed by atoms with van der Waals surface area (Å²) in [4.78, 5) is 17.8. The van der Waals surface area contributed by atoms with Gasteiger partial charge in [0, 0.05) is 17.4 Å². The summed E-state index contributed by atoms with van der Waals surface area (Å²) in [6.45, 7) is 2.18. The van der Waals surface area contributed by atoms with Crippen LogP contribution < -0.4 is 15.4 Å². The van der Waals surface area contributed by atoms with Crippen molar-refractivity contribution >= 4 is 29.5 Å². The molecule has 0 unspecified atom stereocenters. The normalized spacial score (nSPS) is 18.0. The summed E-state index contributed by atoms with van der Waals surface area (Å²) in [7, 11) is 0. The molecule has 7 heteroatoms. The molecule has 2 N–H and O–H groups in total. The van der Waals surface area contributed by atoms with E-state index in [1.807, 2.05) is 0 Å². The van der Waals surface area contributed by atoms with E-state index >= 15 is 0 Å². The first-order valence-electron chi connectivity index (χ1n) is 7.63. The van der Waals surface area contributed by atoms with E-state index in [0.29, 0.717) is 23.1 Å². The molecule has 2 aliphatic heterocycles. The standard InChI is InChI=1S/C16H19ClN4O2/c17-12-2-3-15(23-13-4-7-18-8-5-13)14(10-12)20-16(22)21-9-1-6-19-11-21/h1-3,6,9-10,13,18H,4-5,7-8,11H2,(H,20,22). The van der Waals surface area contributed by atoms with Crippen molar-refractivity contribution in [3.8, 4) is 5.75 Å². The SMILES string of the molecule is O=C(Nc1cc(Cl)ccc1OC1CCNCC1)N1C=CC=NC1. The topological polar surface area (TPSA) is 66.0 Å². The number of nitrogens with one attached hydrogen (secondary N) is 2. The number of carbonyl (C=O) groups excluding carboxylic acids is 1. The molecule has 1 aromatic carbocycles. The number of benzene rings is 1. The number of piperidine rings is 1. The van der Waals surface area contributed by atoms with Crippen molar-refractivity contribution in [2.24, 2.45) is 4.99 Å². The Morgan fingerprint density at radius 2 is 2.22 bits per heavy atom. The van der Waals surface area contributed by atoms with Gasteiger partial charge in [-0.3, -0.25) is 9.89 Å².